The average molecular weight is 145 g/mol. The van der Waals surface area contributed by atoms with Crippen LogP contribution in [0.15, 0.2) is 0 Å². The standard InChI is InChI=1S/C8H17O2/c1-4-7(3)10-6-8(9)5-2/h7-9H,3-6H2,1-2H3. The molecule has 0 fully saturated rings. The van der Waals surface area contributed by atoms with Crippen LogP contribution in [0.2, 0.25) is 0 Å². The number of hydrogen-bond acceptors (Lipinski definition) is 2. The van der Waals surface area contributed by atoms with E-state index in [0.29, 0.717) is 6.61 Å². The van der Waals surface area contributed by atoms with E-state index in [9.17, 15) is 0 Å². The molecular formula is C8H17O2. The minimum absolute atomic E-state index is 0.0289. The van der Waals surface area contributed by atoms with Gasteiger partial charge in [0, 0.05) is 0 Å². The van der Waals surface area contributed by atoms with Gasteiger partial charge in [-0.3, -0.25) is 0 Å². The third-order valence-corrected chi connectivity index (χ3v) is 1.45. The van der Waals surface area contributed by atoms with Crippen molar-refractivity contribution in [3.05, 3.63) is 6.92 Å². The Morgan fingerprint density at radius 3 is 2.40 bits per heavy atom. The van der Waals surface area contributed by atoms with Gasteiger partial charge in [-0.15, -0.1) is 0 Å². The molecule has 0 aromatic carbocycles. The zero-order chi connectivity index (χ0) is 7.98. The zero-order valence-corrected chi connectivity index (χ0v) is 6.84. The molecule has 0 saturated carbocycles. The van der Waals surface area contributed by atoms with Crippen LogP contribution in [-0.4, -0.2) is 23.9 Å². The van der Waals surface area contributed by atoms with Gasteiger partial charge in [0.1, 0.15) is 0 Å². The number of hydrogen-bond donors (Lipinski definition) is 1. The summed E-state index contributed by atoms with van der Waals surface area (Å²) >= 11 is 0. The van der Waals surface area contributed by atoms with Crippen LogP contribution in [-0.2, 0) is 4.74 Å². The molecule has 0 aromatic rings. The molecule has 2 unspecified atom stereocenters. The lowest BCUT2D eigenvalue weighted by atomic mass is 10.3. The van der Waals surface area contributed by atoms with Crippen LogP contribution in [0.25, 0.3) is 0 Å². The highest BCUT2D eigenvalue weighted by atomic mass is 16.5. The number of aliphatic hydroxyl groups is 1. The molecule has 0 aliphatic heterocycles. The predicted octanol–water partition coefficient (Wildman–Crippen LogP) is 1.39. The van der Waals surface area contributed by atoms with Gasteiger partial charge in [0.15, 0.2) is 0 Å². The van der Waals surface area contributed by atoms with Gasteiger partial charge in [0.25, 0.3) is 0 Å². The molecule has 0 bridgehead atoms. The number of aliphatic hydroxyl groups excluding tert-OH is 1. The van der Waals surface area contributed by atoms with Crippen molar-refractivity contribution in [2.24, 2.45) is 0 Å². The van der Waals surface area contributed by atoms with Gasteiger partial charge in [-0.2, -0.15) is 0 Å². The van der Waals surface area contributed by atoms with Crippen molar-refractivity contribution in [2.45, 2.75) is 38.9 Å². The van der Waals surface area contributed by atoms with Crippen LogP contribution in [0, 0.1) is 6.92 Å². The Hall–Kier alpha value is -0.0800. The van der Waals surface area contributed by atoms with E-state index in [1.54, 1.807) is 0 Å². The SMILES string of the molecule is [CH2]C(CC)OCC(O)CC. The zero-order valence-electron chi connectivity index (χ0n) is 6.84. The Morgan fingerprint density at radius 1 is 1.40 bits per heavy atom. The fourth-order valence-electron chi connectivity index (χ4n) is 0.483. The summed E-state index contributed by atoms with van der Waals surface area (Å²) in [6, 6.07) is 0. The Labute approximate surface area is 63.2 Å². The van der Waals surface area contributed by atoms with Crippen molar-refractivity contribution in [3.8, 4) is 0 Å². The first kappa shape index (κ1) is 9.92. The largest absolute Gasteiger partial charge is 0.391 e. The van der Waals surface area contributed by atoms with Gasteiger partial charge >= 0.3 is 0 Å². The van der Waals surface area contributed by atoms with Crippen molar-refractivity contribution in [1.29, 1.82) is 0 Å². The minimum Gasteiger partial charge on any atom is -0.391 e. The van der Waals surface area contributed by atoms with E-state index in [-0.39, 0.29) is 12.2 Å². The molecular weight excluding hydrogens is 128 g/mol. The molecule has 0 heterocycles. The Balaban J connectivity index is 3.17. The van der Waals surface area contributed by atoms with E-state index in [0.717, 1.165) is 12.8 Å². The first-order valence-corrected chi connectivity index (χ1v) is 3.83. The van der Waals surface area contributed by atoms with Crippen molar-refractivity contribution >= 4 is 0 Å². The van der Waals surface area contributed by atoms with Gasteiger partial charge < -0.3 is 9.84 Å². The van der Waals surface area contributed by atoms with E-state index in [4.69, 9.17) is 9.84 Å². The van der Waals surface area contributed by atoms with E-state index < -0.39 is 0 Å². The van der Waals surface area contributed by atoms with Crippen molar-refractivity contribution in [1.82, 2.24) is 0 Å². The summed E-state index contributed by atoms with van der Waals surface area (Å²) in [5.74, 6) is 0. The molecule has 2 nitrogen and oxygen atoms in total. The topological polar surface area (TPSA) is 29.5 Å². The summed E-state index contributed by atoms with van der Waals surface area (Å²) < 4.78 is 5.18. The van der Waals surface area contributed by atoms with Crippen molar-refractivity contribution in [3.63, 3.8) is 0 Å². The van der Waals surface area contributed by atoms with Gasteiger partial charge in [0.05, 0.1) is 18.8 Å². The Kier molecular flexibility index (Phi) is 5.64. The molecule has 0 aliphatic rings. The second kappa shape index (κ2) is 5.69. The summed E-state index contributed by atoms with van der Waals surface area (Å²) in [5, 5.41) is 9.05. The molecule has 61 valence electrons. The molecule has 1 radical (unpaired) electrons. The first-order valence-electron chi connectivity index (χ1n) is 3.83. The highest BCUT2D eigenvalue weighted by Gasteiger charge is 2.03. The molecule has 0 saturated heterocycles. The third-order valence-electron chi connectivity index (χ3n) is 1.45. The van der Waals surface area contributed by atoms with E-state index in [1.807, 2.05) is 13.8 Å². The summed E-state index contributed by atoms with van der Waals surface area (Å²) in [6.07, 6.45) is 1.35. The molecule has 2 heteroatoms. The lowest BCUT2D eigenvalue weighted by Crippen LogP contribution is -2.18. The molecule has 1 N–H and O–H groups in total. The van der Waals surface area contributed by atoms with Crippen LogP contribution in [0.3, 0.4) is 0 Å². The second-order valence-electron chi connectivity index (χ2n) is 2.43. The fourth-order valence-corrected chi connectivity index (χ4v) is 0.483. The maximum absolute atomic E-state index is 9.05. The summed E-state index contributed by atoms with van der Waals surface area (Å²) in [7, 11) is 0. The molecule has 2 atom stereocenters. The third kappa shape index (κ3) is 4.77. The maximum Gasteiger partial charge on any atom is 0.0771 e. The lowest BCUT2D eigenvalue weighted by Gasteiger charge is -2.12. The van der Waals surface area contributed by atoms with Crippen LogP contribution in [0.5, 0.6) is 0 Å². The molecule has 0 aromatic heterocycles. The van der Waals surface area contributed by atoms with Crippen LogP contribution >= 0.6 is 0 Å². The first-order chi connectivity index (χ1) is 4.70. The van der Waals surface area contributed by atoms with Crippen LogP contribution < -0.4 is 0 Å². The average Bonchev–Trinajstić information content (AvgIpc) is 1.99. The summed E-state index contributed by atoms with van der Waals surface area (Å²) in [4.78, 5) is 0. The number of rotatable bonds is 5. The quantitative estimate of drug-likeness (QED) is 0.633. The van der Waals surface area contributed by atoms with E-state index >= 15 is 0 Å². The summed E-state index contributed by atoms with van der Waals surface area (Å²) in [5.41, 5.74) is 0. The summed E-state index contributed by atoms with van der Waals surface area (Å²) in [6.45, 7) is 8.08. The molecule has 0 rings (SSSR count). The van der Waals surface area contributed by atoms with Gasteiger partial charge in [-0.05, 0) is 19.8 Å². The maximum atomic E-state index is 9.05. The van der Waals surface area contributed by atoms with Crippen molar-refractivity contribution in [2.75, 3.05) is 6.61 Å². The molecule has 0 spiro atoms. The predicted molar refractivity (Wildman–Crippen MR) is 41.7 cm³/mol. The van der Waals surface area contributed by atoms with Gasteiger partial charge in [-0.1, -0.05) is 13.8 Å². The van der Waals surface area contributed by atoms with Crippen LogP contribution in [0.1, 0.15) is 26.7 Å². The molecule has 10 heavy (non-hydrogen) atoms. The second-order valence-corrected chi connectivity index (χ2v) is 2.43. The fraction of sp³-hybridized carbons (Fsp3) is 0.875. The van der Waals surface area contributed by atoms with Gasteiger partial charge in [0.2, 0.25) is 0 Å². The monoisotopic (exact) mass is 145 g/mol. The minimum atomic E-state index is -0.323. The highest BCUT2D eigenvalue weighted by Crippen LogP contribution is 1.98. The molecule has 0 aliphatic carbocycles. The molecule has 0 amide bonds. The number of ether oxygens (including phenoxy) is 1. The van der Waals surface area contributed by atoms with Gasteiger partial charge in [-0.25, -0.2) is 0 Å². The smallest absolute Gasteiger partial charge is 0.0771 e. The highest BCUT2D eigenvalue weighted by molar-refractivity contribution is 4.58. The van der Waals surface area contributed by atoms with Crippen molar-refractivity contribution < 1.29 is 9.84 Å². The van der Waals surface area contributed by atoms with Crippen LogP contribution in [0.4, 0.5) is 0 Å². The Morgan fingerprint density at radius 2 is 2.00 bits per heavy atom. The van der Waals surface area contributed by atoms with E-state index in [1.165, 1.54) is 0 Å². The lowest BCUT2D eigenvalue weighted by molar-refractivity contribution is 0.00626. The normalized spacial score (nSPS) is 16.8. The van der Waals surface area contributed by atoms with E-state index in [2.05, 4.69) is 6.92 Å². The Bertz CT molecular complexity index is 63.7.